The second-order valence-electron chi connectivity index (χ2n) is 8.51. The van der Waals surface area contributed by atoms with Crippen LogP contribution in [-0.2, 0) is 11.3 Å². The molecule has 1 saturated carbocycles. The van der Waals surface area contributed by atoms with Crippen LogP contribution in [0, 0.1) is 11.8 Å². The first-order chi connectivity index (χ1) is 12.4. The molecule has 3 atom stereocenters. The summed E-state index contributed by atoms with van der Waals surface area (Å²) in [6, 6.07) is 2.12. The van der Waals surface area contributed by atoms with E-state index >= 15 is 0 Å². The molecule has 1 aliphatic heterocycles. The number of carbonyl (C=O) groups is 1. The molecule has 0 radical (unpaired) electrons. The number of nitrogens with zero attached hydrogens (tertiary/aromatic N) is 4. The molecular formula is C19H27N5O2. The summed E-state index contributed by atoms with van der Waals surface area (Å²) in [7, 11) is 0. The first-order valence-corrected chi connectivity index (χ1v) is 9.38. The molecule has 26 heavy (non-hydrogen) atoms. The highest BCUT2D eigenvalue weighted by Crippen LogP contribution is 2.38. The van der Waals surface area contributed by atoms with Gasteiger partial charge >= 0.3 is 6.09 Å². The van der Waals surface area contributed by atoms with Crippen LogP contribution in [0.4, 0.5) is 4.79 Å². The van der Waals surface area contributed by atoms with Gasteiger partial charge in [-0.1, -0.05) is 0 Å². The van der Waals surface area contributed by atoms with Gasteiger partial charge in [-0.3, -0.25) is 9.30 Å². The van der Waals surface area contributed by atoms with Crippen molar-refractivity contribution in [2.24, 2.45) is 11.8 Å². The van der Waals surface area contributed by atoms with Gasteiger partial charge in [-0.25, -0.2) is 14.8 Å². The number of alkyl carbamates (subject to hydrolysis) is 1. The Morgan fingerprint density at radius 2 is 2.19 bits per heavy atom. The van der Waals surface area contributed by atoms with Crippen molar-refractivity contribution in [3.8, 4) is 0 Å². The van der Waals surface area contributed by atoms with Crippen LogP contribution in [-0.4, -0.2) is 50.1 Å². The molecule has 0 spiro atoms. The van der Waals surface area contributed by atoms with Crippen LogP contribution in [0.5, 0.6) is 0 Å². The van der Waals surface area contributed by atoms with Crippen molar-refractivity contribution in [1.29, 1.82) is 0 Å². The van der Waals surface area contributed by atoms with E-state index < -0.39 is 5.60 Å². The number of hydrogen-bond donors (Lipinski definition) is 1. The molecule has 3 heterocycles. The minimum Gasteiger partial charge on any atom is -0.444 e. The topological polar surface area (TPSA) is 71.8 Å². The smallest absolute Gasteiger partial charge is 0.407 e. The van der Waals surface area contributed by atoms with Crippen LogP contribution in [0.2, 0.25) is 0 Å². The number of carbonyl (C=O) groups excluding carboxylic acids is 1. The van der Waals surface area contributed by atoms with Gasteiger partial charge in [0.1, 0.15) is 5.60 Å². The number of imidazole rings is 1. The summed E-state index contributed by atoms with van der Waals surface area (Å²) in [4.78, 5) is 23.4. The normalized spacial score (nSPS) is 26.2. The molecule has 2 fully saturated rings. The van der Waals surface area contributed by atoms with E-state index in [2.05, 4.69) is 20.2 Å². The largest absolute Gasteiger partial charge is 0.444 e. The predicted octanol–water partition coefficient (Wildman–Crippen LogP) is 2.46. The first-order valence-electron chi connectivity index (χ1n) is 9.38. The maximum Gasteiger partial charge on any atom is 0.407 e. The van der Waals surface area contributed by atoms with E-state index in [1.165, 1.54) is 0 Å². The lowest BCUT2D eigenvalue weighted by atomic mass is 9.98. The van der Waals surface area contributed by atoms with Crippen molar-refractivity contribution in [2.45, 2.75) is 51.8 Å². The average Bonchev–Trinajstić information content (AvgIpc) is 3.20. The Bertz CT molecular complexity index is 764. The Morgan fingerprint density at radius 1 is 1.35 bits per heavy atom. The van der Waals surface area contributed by atoms with E-state index in [1.807, 2.05) is 43.6 Å². The number of rotatable bonds is 3. The molecule has 0 bridgehead atoms. The summed E-state index contributed by atoms with van der Waals surface area (Å²) >= 11 is 0. The summed E-state index contributed by atoms with van der Waals surface area (Å²) in [5.41, 5.74) is 0.585. The lowest BCUT2D eigenvalue weighted by Gasteiger charge is -2.24. The first kappa shape index (κ1) is 17.3. The summed E-state index contributed by atoms with van der Waals surface area (Å²) in [6.45, 7) is 8.57. The Kier molecular flexibility index (Phi) is 4.34. The van der Waals surface area contributed by atoms with Crippen molar-refractivity contribution in [2.75, 3.05) is 13.1 Å². The zero-order valence-corrected chi connectivity index (χ0v) is 15.7. The molecule has 0 unspecified atom stereocenters. The van der Waals surface area contributed by atoms with Gasteiger partial charge in [0, 0.05) is 44.3 Å². The molecule has 2 aliphatic rings. The van der Waals surface area contributed by atoms with Crippen molar-refractivity contribution in [3.05, 3.63) is 30.4 Å². The lowest BCUT2D eigenvalue weighted by molar-refractivity contribution is 0.0491. The van der Waals surface area contributed by atoms with Crippen LogP contribution in [0.1, 0.15) is 39.3 Å². The fourth-order valence-electron chi connectivity index (χ4n) is 4.31. The van der Waals surface area contributed by atoms with Crippen LogP contribution >= 0.6 is 0 Å². The number of amides is 1. The highest BCUT2D eigenvalue weighted by atomic mass is 16.6. The van der Waals surface area contributed by atoms with Crippen LogP contribution in [0.25, 0.3) is 5.78 Å². The third-order valence-corrected chi connectivity index (χ3v) is 5.31. The molecule has 1 aliphatic carbocycles. The van der Waals surface area contributed by atoms with E-state index in [0.29, 0.717) is 11.8 Å². The Hall–Kier alpha value is -2.15. The van der Waals surface area contributed by atoms with E-state index in [9.17, 15) is 4.79 Å². The van der Waals surface area contributed by atoms with Crippen molar-refractivity contribution >= 4 is 11.9 Å². The van der Waals surface area contributed by atoms with E-state index in [1.54, 1.807) is 6.20 Å². The van der Waals surface area contributed by atoms with Gasteiger partial charge in [0.25, 0.3) is 0 Å². The van der Waals surface area contributed by atoms with E-state index in [4.69, 9.17) is 4.74 Å². The van der Waals surface area contributed by atoms with E-state index in [0.717, 1.165) is 43.9 Å². The van der Waals surface area contributed by atoms with Crippen molar-refractivity contribution in [3.63, 3.8) is 0 Å². The Labute approximate surface area is 153 Å². The second kappa shape index (κ2) is 6.54. The molecule has 140 valence electrons. The van der Waals surface area contributed by atoms with Gasteiger partial charge in [-0.2, -0.15) is 0 Å². The summed E-state index contributed by atoms with van der Waals surface area (Å²) < 4.78 is 7.38. The van der Waals surface area contributed by atoms with Gasteiger partial charge in [-0.05, 0) is 51.5 Å². The fourth-order valence-corrected chi connectivity index (χ4v) is 4.31. The zero-order valence-electron chi connectivity index (χ0n) is 15.7. The number of likely N-dealkylation sites (tertiary alicyclic amines) is 1. The number of nitrogens with one attached hydrogen (secondary N) is 1. The van der Waals surface area contributed by atoms with Crippen LogP contribution < -0.4 is 5.32 Å². The molecule has 1 amide bonds. The minimum atomic E-state index is -0.457. The summed E-state index contributed by atoms with van der Waals surface area (Å²) in [5, 5.41) is 3.10. The molecule has 1 N–H and O–H groups in total. The van der Waals surface area contributed by atoms with Crippen LogP contribution in [0.3, 0.4) is 0 Å². The highest BCUT2D eigenvalue weighted by Gasteiger charge is 2.43. The number of aromatic nitrogens is 3. The zero-order chi connectivity index (χ0) is 18.3. The monoisotopic (exact) mass is 357 g/mol. The lowest BCUT2D eigenvalue weighted by Crippen LogP contribution is -2.42. The third kappa shape index (κ3) is 3.67. The molecule has 7 heteroatoms. The van der Waals surface area contributed by atoms with Crippen molar-refractivity contribution < 1.29 is 9.53 Å². The van der Waals surface area contributed by atoms with E-state index in [-0.39, 0.29) is 12.1 Å². The predicted molar refractivity (Wildman–Crippen MR) is 97.6 cm³/mol. The van der Waals surface area contributed by atoms with Crippen molar-refractivity contribution in [1.82, 2.24) is 24.6 Å². The van der Waals surface area contributed by atoms with Gasteiger partial charge in [-0.15, -0.1) is 0 Å². The SMILES string of the molecule is CC(C)(C)OC(=O)N[C@@H]1CC[C@@H]2CN(Cc3cn4cccnc4n3)C[C@H]21. The quantitative estimate of drug-likeness (QED) is 0.914. The standard InChI is InChI=1S/C19H27N5O2/c1-19(2,3)26-18(25)22-16-6-5-13-9-23(12-15(13)16)10-14-11-24-8-4-7-20-17(24)21-14/h4,7-8,11,13,15-16H,5-6,9-10,12H2,1-3H3,(H,22,25)/t13-,15-,16-/m1/s1. The fraction of sp³-hybridized carbons (Fsp3) is 0.632. The Morgan fingerprint density at radius 3 is 2.96 bits per heavy atom. The second-order valence-corrected chi connectivity index (χ2v) is 8.51. The van der Waals surface area contributed by atoms with Gasteiger partial charge < -0.3 is 10.1 Å². The molecule has 2 aromatic rings. The molecule has 7 nitrogen and oxygen atoms in total. The number of fused-ring (bicyclic) bond motifs is 2. The molecule has 1 saturated heterocycles. The number of hydrogen-bond acceptors (Lipinski definition) is 5. The summed E-state index contributed by atoms with van der Waals surface area (Å²) in [6.07, 6.45) is 7.69. The number of ether oxygens (including phenoxy) is 1. The molecule has 0 aromatic carbocycles. The maximum absolute atomic E-state index is 12.1. The molecular weight excluding hydrogens is 330 g/mol. The van der Waals surface area contributed by atoms with Gasteiger partial charge in [0.2, 0.25) is 5.78 Å². The average molecular weight is 357 g/mol. The van der Waals surface area contributed by atoms with Crippen LogP contribution in [0.15, 0.2) is 24.7 Å². The Balaban J connectivity index is 1.36. The van der Waals surface area contributed by atoms with Gasteiger partial charge in [0.15, 0.2) is 0 Å². The third-order valence-electron chi connectivity index (χ3n) is 5.31. The highest BCUT2D eigenvalue weighted by molar-refractivity contribution is 5.68. The molecule has 2 aromatic heterocycles. The summed E-state index contributed by atoms with van der Waals surface area (Å²) in [5.74, 6) is 1.88. The van der Waals surface area contributed by atoms with Gasteiger partial charge in [0.05, 0.1) is 5.69 Å². The minimum absolute atomic E-state index is 0.211. The maximum atomic E-state index is 12.1. The molecule has 4 rings (SSSR count).